The zero-order valence-corrected chi connectivity index (χ0v) is 85.7. The van der Waals surface area contributed by atoms with Gasteiger partial charge >= 0.3 is 0 Å². The second-order valence-electron chi connectivity index (χ2n) is 42.7. The number of para-hydroxylation sites is 2. The van der Waals surface area contributed by atoms with E-state index in [0.717, 1.165) is 216 Å². The van der Waals surface area contributed by atoms with E-state index in [0.29, 0.717) is 16.8 Å². The van der Waals surface area contributed by atoms with Crippen LogP contribution in [-0.2, 0) is 66.5 Å². The number of ketones is 4. The molecule has 149 heavy (non-hydrogen) atoms. The maximum absolute atomic E-state index is 15.3. The lowest BCUT2D eigenvalue weighted by Crippen LogP contribution is -2.47. The second kappa shape index (κ2) is 39.8. The minimum Gasteiger partial charge on any atom is -0.371 e. The van der Waals surface area contributed by atoms with Crippen molar-refractivity contribution in [2.75, 3.05) is 36.0 Å². The van der Waals surface area contributed by atoms with Gasteiger partial charge in [0.15, 0.2) is 23.1 Å². The molecule has 14 aromatic rings. The second-order valence-corrected chi connectivity index (χ2v) is 42.7. The number of carbonyl (C=O) groups excluding carboxylic acids is 4. The van der Waals surface area contributed by atoms with Gasteiger partial charge in [0.05, 0.1) is 119 Å². The Kier molecular flexibility index (Phi) is 26.4. The molecule has 7 aromatic heterocycles. The van der Waals surface area contributed by atoms with Crippen molar-refractivity contribution >= 4 is 34.5 Å². The largest absolute Gasteiger partial charge is 0.371 e. The lowest BCUT2D eigenvalue weighted by molar-refractivity contribution is -0.122. The van der Waals surface area contributed by atoms with Gasteiger partial charge in [-0.05, 0) is 230 Å². The lowest BCUT2D eigenvalue weighted by Gasteiger charge is -2.46. The van der Waals surface area contributed by atoms with Crippen LogP contribution in [0.2, 0.25) is 0 Å². The number of aromatic nitrogens is 13. The van der Waals surface area contributed by atoms with Crippen LogP contribution in [0.25, 0.3) is 98.2 Å². The fraction of sp³-hybridized carbons (Fsp3) is 0.331. The topological polar surface area (TPSA) is 228 Å². The third-order valence-electron chi connectivity index (χ3n) is 34.0. The summed E-state index contributed by atoms with van der Waals surface area (Å²) in [5.41, 5.74) is 25.2. The van der Waals surface area contributed by atoms with E-state index in [9.17, 15) is 19.2 Å². The summed E-state index contributed by atoms with van der Waals surface area (Å²) < 4.78 is 38.6. The first-order valence-electron chi connectivity index (χ1n) is 52.0. The van der Waals surface area contributed by atoms with Crippen LogP contribution in [0.5, 0.6) is 0 Å². The van der Waals surface area contributed by atoms with Gasteiger partial charge in [-0.3, -0.25) is 14.3 Å². The van der Waals surface area contributed by atoms with E-state index in [-0.39, 0.29) is 117 Å². The van der Waals surface area contributed by atoms with E-state index < -0.39 is 21.7 Å². The van der Waals surface area contributed by atoms with Gasteiger partial charge in [-0.25, -0.2) is 37.5 Å². The molecule has 2 aliphatic heterocycles. The van der Waals surface area contributed by atoms with Crippen molar-refractivity contribution < 1.29 is 28.0 Å². The summed E-state index contributed by atoms with van der Waals surface area (Å²) >= 11 is 0. The molecule has 23 nitrogen and oxygen atoms in total. The number of carbonyl (C=O) groups is 4. The Morgan fingerprint density at radius 1 is 0.356 bits per heavy atom. The molecular formula is C124H117F2N19O4. The molecule has 0 unspecified atom stereocenters. The molecule has 0 saturated carbocycles. The number of hydrogen-bond donors (Lipinski definition) is 0. The lowest BCUT2D eigenvalue weighted by atomic mass is 9.58. The van der Waals surface area contributed by atoms with Crippen LogP contribution in [0.4, 0.5) is 20.2 Å². The Morgan fingerprint density at radius 3 is 1.16 bits per heavy atom. The Labute approximate surface area is 868 Å². The van der Waals surface area contributed by atoms with Gasteiger partial charge in [0.1, 0.15) is 17.3 Å². The molecule has 12 atom stereocenters. The van der Waals surface area contributed by atoms with Crippen molar-refractivity contribution in [2.45, 2.75) is 187 Å². The van der Waals surface area contributed by atoms with Crippen LogP contribution in [0.1, 0.15) is 181 Å². The van der Waals surface area contributed by atoms with Crippen LogP contribution >= 0.6 is 0 Å². The summed E-state index contributed by atoms with van der Waals surface area (Å²) in [6, 6.07) is 70.1. The SMILES string of the molecule is [C-]#[N+]C1=C[C@@]2(C)c3c(c(-c4ccc(C)cc4)nn3-c3ccc(-c4cnnc(C)c4)cc3)CC[C@@H]2[C@@H](C)C1=O.[C-]#[N+]C1=C[C@@]2(C)c3c(c(-c4ccccc4F)nn3C3CCN(c4ccccc4)CC3)CC[C@@H]2[C@@H](C)C1=O.[C-]#[N+]C1=C[C@@]2(C)c3c(c(-c4ccccn4)nn3-c3ccc(-c4cnnc(C)c4)cc3)CC[C@@H]2[C@@H](C)C1=O.[C-]#[N+]C1=C[C@@]2(C)c3nn(C4CCN(c5ccccc5)CC4)c(-c4ccccc4F)c3CC[C@@H]2[C@@H](C)C1=O. The maximum atomic E-state index is 15.3. The summed E-state index contributed by atoms with van der Waals surface area (Å²) in [5.74, 6) is -1.26. The third-order valence-corrected chi connectivity index (χ3v) is 34.0. The van der Waals surface area contributed by atoms with Gasteiger partial charge in [0.2, 0.25) is 22.8 Å². The maximum Gasteiger partial charge on any atom is 0.226 e. The summed E-state index contributed by atoms with van der Waals surface area (Å²) in [6.45, 7) is 56.7. The van der Waals surface area contributed by atoms with Gasteiger partial charge in [-0.2, -0.15) is 40.8 Å². The Bertz CT molecular complexity index is 7950. The average Bonchev–Trinajstić information content (AvgIpc) is 1.61. The van der Waals surface area contributed by atoms with Gasteiger partial charge in [0, 0.05) is 139 Å². The molecule has 25 heteroatoms. The number of nitrogens with zero attached hydrogens (tertiary/aromatic N) is 19. The number of fused-ring (bicyclic) bond motifs is 12. The molecular weight excluding hydrogens is 1860 g/mol. The van der Waals surface area contributed by atoms with Crippen molar-refractivity contribution in [3.63, 3.8) is 0 Å². The first-order chi connectivity index (χ1) is 72.0. The van der Waals surface area contributed by atoms with Gasteiger partial charge in [-0.1, -0.05) is 201 Å². The molecule has 2 fully saturated rings. The highest BCUT2D eigenvalue weighted by Crippen LogP contribution is 2.59. The Morgan fingerprint density at radius 2 is 0.732 bits per heavy atom. The number of benzene rings is 7. The molecule has 0 N–H and O–H groups in total. The zero-order chi connectivity index (χ0) is 104. The molecule has 2 saturated heterocycles. The van der Waals surface area contributed by atoms with Crippen molar-refractivity contribution in [1.82, 2.24) is 64.5 Å². The molecule has 0 radical (unpaired) electrons. The van der Waals surface area contributed by atoms with E-state index in [4.69, 9.17) is 46.7 Å². The number of aryl methyl sites for hydroxylation is 3. The number of rotatable bonds is 12. The van der Waals surface area contributed by atoms with Crippen LogP contribution in [0.15, 0.2) is 278 Å². The standard InChI is InChI=1S/C32H29N5O.2C31H31FN4O.C30H26N6O/c1-19-6-8-23(9-7-19)29-26-14-15-27-21(3)30(38)28(33-5)17-32(27,4)31(26)37(36-29)25-12-10-22(11-13-25)24-16-20(2)35-34-18-24;1-20-25-14-13-24-28(23-11-7-8-12-26(23)32)36(34-30(24)31(25,2)19-27(33-3)29(20)37)22-15-17-35(18-16-22)21-9-5-4-6-10-21;1-20-25-14-13-24-28(23-11-7-8-12-26(23)32)34-36(30(24)31(25,2)19-27(33-3)29(20)37)22-15-17-35(18-16-22)21-9-5-4-6-10-21;1-18-15-21(17-33-34-18)20-8-10-22(11-9-20)36-29-23(27(35-36)25-7-5-6-14-32-25)12-13-24-19(2)28(37)26(31-4)16-30(24,29)3/h6-13,16-18,21,27H,14-15H2,1-4H3;2*4-12,19-20,22,25H,13-18H2,1-2H3;5-11,14-17,19,24H,12-13H2,1-3H3/t21-,27-,32-;2*20-,25-,31-;19-,24-,30-/m1111/s1. The number of halogens is 2. The van der Waals surface area contributed by atoms with Crippen molar-refractivity contribution in [1.29, 1.82) is 0 Å². The van der Waals surface area contributed by atoms with E-state index >= 15 is 8.78 Å². The predicted molar refractivity (Wildman–Crippen MR) is 573 cm³/mol. The van der Waals surface area contributed by atoms with Gasteiger partial charge in [-0.15, -0.1) is 0 Å². The van der Waals surface area contributed by atoms with Crippen molar-refractivity contribution in [3.05, 3.63) is 397 Å². The van der Waals surface area contributed by atoms with E-state index in [1.54, 1.807) is 30.7 Å². The molecule has 7 aromatic carbocycles. The minimum absolute atomic E-state index is 0.0404. The molecule has 9 heterocycles. The summed E-state index contributed by atoms with van der Waals surface area (Å²) in [6.07, 6.45) is 23.1. The van der Waals surface area contributed by atoms with Crippen LogP contribution in [0, 0.1) is 106 Å². The Balaban J connectivity index is 0.000000116. The fourth-order valence-corrected chi connectivity index (χ4v) is 26.4. The highest BCUT2D eigenvalue weighted by atomic mass is 19.1. The summed E-state index contributed by atoms with van der Waals surface area (Å²) in [7, 11) is 0. The van der Waals surface area contributed by atoms with Crippen LogP contribution in [0.3, 0.4) is 0 Å². The first-order valence-corrected chi connectivity index (χ1v) is 52.0. The number of hydrogen-bond acceptors (Lipinski definition) is 15. The number of allylic oxidation sites excluding steroid dienone is 8. The van der Waals surface area contributed by atoms with Crippen molar-refractivity contribution in [2.24, 2.45) is 47.3 Å². The van der Waals surface area contributed by atoms with Gasteiger partial charge < -0.3 is 29.0 Å². The Hall–Kier alpha value is -16.3. The minimum atomic E-state index is -0.531. The quantitative estimate of drug-likeness (QED) is 0.104. The molecule has 10 aliphatic rings. The smallest absolute Gasteiger partial charge is 0.226 e. The molecule has 8 aliphatic carbocycles. The van der Waals surface area contributed by atoms with Crippen LogP contribution < -0.4 is 9.80 Å². The number of Topliss-reactive ketones (excluding diaryl/α,β-unsaturated/α-hetero) is 4. The summed E-state index contributed by atoms with van der Waals surface area (Å²) in [4.78, 5) is 75.5. The normalized spacial score (nSPS) is 24.1. The molecule has 746 valence electrons. The zero-order valence-electron chi connectivity index (χ0n) is 85.7. The monoisotopic (exact) mass is 1970 g/mol. The number of anilines is 2. The fourth-order valence-electron chi connectivity index (χ4n) is 26.4. The highest BCUT2D eigenvalue weighted by Gasteiger charge is 2.56. The molecule has 0 amide bonds. The highest BCUT2D eigenvalue weighted by molar-refractivity contribution is 6.03. The number of piperidine rings is 2. The third kappa shape index (κ3) is 17.5. The predicted octanol–water partition coefficient (Wildman–Crippen LogP) is 24.7. The van der Waals surface area contributed by atoms with Gasteiger partial charge in [0.25, 0.3) is 0 Å². The summed E-state index contributed by atoms with van der Waals surface area (Å²) in [5, 5.41) is 37.0. The van der Waals surface area contributed by atoms with E-state index in [1.807, 2.05) is 137 Å². The first kappa shape index (κ1) is 98.8. The average molecular weight is 1980 g/mol. The molecule has 0 bridgehead atoms. The van der Waals surface area contributed by atoms with E-state index in [1.165, 1.54) is 34.6 Å². The van der Waals surface area contributed by atoms with Crippen LogP contribution in [-0.4, -0.2) is 114 Å². The van der Waals surface area contributed by atoms with Crippen molar-refractivity contribution in [3.8, 4) is 78.8 Å². The number of pyridine rings is 1. The molecule has 0 spiro atoms. The molecule has 24 rings (SSSR count). The van der Waals surface area contributed by atoms with E-state index in [2.05, 4.69) is 225 Å².